The number of amides is 1. The molecule has 2 saturated heterocycles. The van der Waals surface area contributed by atoms with Crippen molar-refractivity contribution in [3.05, 3.63) is 99.4 Å². The Hall–Kier alpha value is -4.28. The summed E-state index contributed by atoms with van der Waals surface area (Å²) in [5.41, 5.74) is 6.50. The van der Waals surface area contributed by atoms with Crippen LogP contribution in [-0.2, 0) is 22.6 Å². The molecule has 2 unspecified atom stereocenters. The third-order valence-corrected chi connectivity index (χ3v) is 10.1. The van der Waals surface area contributed by atoms with Crippen molar-refractivity contribution in [3.63, 3.8) is 0 Å². The molecule has 264 valence electrons. The van der Waals surface area contributed by atoms with Gasteiger partial charge in [-0.15, -0.1) is 0 Å². The lowest BCUT2D eigenvalue weighted by molar-refractivity contribution is -0.0330. The third-order valence-electron chi connectivity index (χ3n) is 10.1. The van der Waals surface area contributed by atoms with Crippen LogP contribution in [0.5, 0.6) is 0 Å². The van der Waals surface area contributed by atoms with Crippen LogP contribution in [0.4, 0.5) is 10.5 Å². The van der Waals surface area contributed by atoms with E-state index in [-0.39, 0.29) is 23.6 Å². The first kappa shape index (κ1) is 34.2. The van der Waals surface area contributed by atoms with Gasteiger partial charge in [-0.25, -0.2) is 4.79 Å². The number of fused-ring (bicyclic) bond motifs is 1. The highest BCUT2D eigenvalue weighted by Gasteiger charge is 2.34. The zero-order valence-corrected chi connectivity index (χ0v) is 30.1. The fraction of sp³-hybridized carbons (Fsp3) is 0.500. The van der Waals surface area contributed by atoms with Gasteiger partial charge in [0.2, 0.25) is 0 Å². The summed E-state index contributed by atoms with van der Waals surface area (Å²) < 4.78 is 13.9. The van der Waals surface area contributed by atoms with Gasteiger partial charge in [0.1, 0.15) is 5.60 Å². The number of hydrogen-bond donors (Lipinski definition) is 0. The molecule has 7 rings (SSSR count). The highest BCUT2D eigenvalue weighted by atomic mass is 16.6. The summed E-state index contributed by atoms with van der Waals surface area (Å²) in [5.74, 6) is 0. The molecule has 10 heteroatoms. The van der Waals surface area contributed by atoms with E-state index in [9.17, 15) is 9.59 Å². The number of carbonyl (C=O) groups is 1. The quantitative estimate of drug-likeness (QED) is 0.203. The number of ether oxygens (including phenoxy) is 2. The van der Waals surface area contributed by atoms with Crippen molar-refractivity contribution >= 4 is 22.7 Å². The van der Waals surface area contributed by atoms with E-state index in [1.54, 1.807) is 4.90 Å². The van der Waals surface area contributed by atoms with Crippen LogP contribution in [0.2, 0.25) is 0 Å². The van der Waals surface area contributed by atoms with Crippen molar-refractivity contribution in [2.24, 2.45) is 0 Å². The van der Waals surface area contributed by atoms with Crippen molar-refractivity contribution in [2.45, 2.75) is 97.1 Å². The predicted molar refractivity (Wildman–Crippen MR) is 195 cm³/mol. The van der Waals surface area contributed by atoms with E-state index in [0.717, 1.165) is 84.4 Å². The van der Waals surface area contributed by atoms with Crippen LogP contribution >= 0.6 is 0 Å². The minimum Gasteiger partial charge on any atom is -0.444 e. The molecule has 2 atom stereocenters. The molecule has 1 aliphatic carbocycles. The predicted octanol–water partition coefficient (Wildman–Crippen LogP) is 6.72. The standard InChI is InChI=1S/C40H50N6O4/c1-27-8-10-33(21-42-27)43-16-6-7-34(25-43)44(22-29-14-15-41-28(2)19-29)23-31-24-46(32-11-12-32)36-20-30(9-13-35(36)38(31)47)37-26-49-18-17-45(37)39(48)50-40(3,4)5/h8-10,13-15,19-21,24,32,34,37H,6-7,11-12,16-18,22-23,25-26H2,1-5H3. The molecule has 50 heavy (non-hydrogen) atoms. The molecule has 1 aromatic carbocycles. The van der Waals surface area contributed by atoms with E-state index in [4.69, 9.17) is 9.47 Å². The van der Waals surface area contributed by atoms with E-state index in [0.29, 0.717) is 32.3 Å². The minimum absolute atomic E-state index is 0.0682. The number of anilines is 1. The lowest BCUT2D eigenvalue weighted by atomic mass is 10.00. The van der Waals surface area contributed by atoms with Gasteiger partial charge < -0.3 is 18.9 Å². The summed E-state index contributed by atoms with van der Waals surface area (Å²) in [5, 5.41) is 0.717. The van der Waals surface area contributed by atoms with Crippen molar-refractivity contribution in [1.82, 2.24) is 24.3 Å². The fourth-order valence-corrected chi connectivity index (χ4v) is 7.42. The fourth-order valence-electron chi connectivity index (χ4n) is 7.42. The summed E-state index contributed by atoms with van der Waals surface area (Å²) in [7, 11) is 0. The average Bonchev–Trinajstić information content (AvgIpc) is 3.94. The second kappa shape index (κ2) is 14.2. The molecule has 4 aromatic rings. The molecule has 2 aliphatic heterocycles. The van der Waals surface area contributed by atoms with Crippen LogP contribution in [0.25, 0.3) is 10.9 Å². The summed E-state index contributed by atoms with van der Waals surface area (Å²) in [6.45, 7) is 14.2. The third kappa shape index (κ3) is 7.71. The Kier molecular flexibility index (Phi) is 9.67. The largest absolute Gasteiger partial charge is 0.444 e. The van der Waals surface area contributed by atoms with Gasteiger partial charge in [-0.05, 0) is 108 Å². The van der Waals surface area contributed by atoms with E-state index in [2.05, 4.69) is 60.9 Å². The Bertz CT molecular complexity index is 1900. The topological polar surface area (TPSA) is 93.0 Å². The first-order valence-electron chi connectivity index (χ1n) is 18.1. The molecule has 3 aliphatic rings. The highest BCUT2D eigenvalue weighted by Crippen LogP contribution is 2.38. The maximum absolute atomic E-state index is 14.4. The Labute approximate surface area is 295 Å². The van der Waals surface area contributed by atoms with Crippen LogP contribution in [0.1, 0.15) is 86.6 Å². The molecule has 5 heterocycles. The molecular weight excluding hydrogens is 628 g/mol. The molecule has 1 saturated carbocycles. The minimum atomic E-state index is -0.593. The number of pyridine rings is 3. The molecule has 0 bridgehead atoms. The van der Waals surface area contributed by atoms with Crippen LogP contribution in [0.3, 0.4) is 0 Å². The van der Waals surface area contributed by atoms with Gasteiger partial charge in [-0.1, -0.05) is 6.07 Å². The average molecular weight is 679 g/mol. The van der Waals surface area contributed by atoms with Gasteiger partial charge in [-0.2, -0.15) is 0 Å². The maximum atomic E-state index is 14.4. The zero-order chi connectivity index (χ0) is 35.0. The number of hydrogen-bond acceptors (Lipinski definition) is 8. The van der Waals surface area contributed by atoms with E-state index < -0.39 is 5.60 Å². The van der Waals surface area contributed by atoms with Crippen molar-refractivity contribution < 1.29 is 14.3 Å². The Morgan fingerprint density at radius 1 is 1.00 bits per heavy atom. The first-order valence-corrected chi connectivity index (χ1v) is 18.1. The lowest BCUT2D eigenvalue weighted by Crippen LogP contribution is -2.48. The molecular formula is C40H50N6O4. The maximum Gasteiger partial charge on any atom is 0.410 e. The second-order valence-corrected chi connectivity index (χ2v) is 15.3. The van der Waals surface area contributed by atoms with E-state index in [1.807, 2.05) is 59.1 Å². The van der Waals surface area contributed by atoms with Crippen molar-refractivity contribution in [1.29, 1.82) is 0 Å². The van der Waals surface area contributed by atoms with Crippen LogP contribution in [0.15, 0.2) is 65.8 Å². The SMILES string of the molecule is Cc1ccc(N2CCCC(N(Cc3ccnc(C)c3)Cc3cn(C4CC4)c4cc(C5COCCN5C(=O)OC(C)(C)C)ccc4c3=O)C2)cn1. The number of benzene rings is 1. The molecule has 3 fully saturated rings. The molecule has 0 N–H and O–H groups in total. The monoisotopic (exact) mass is 678 g/mol. The van der Waals surface area contributed by atoms with Gasteiger partial charge in [0.15, 0.2) is 5.43 Å². The van der Waals surface area contributed by atoms with E-state index in [1.165, 1.54) is 5.56 Å². The Balaban J connectivity index is 1.22. The normalized spacial score (nSPS) is 20.0. The van der Waals surface area contributed by atoms with Crippen molar-refractivity contribution in [2.75, 3.05) is 37.7 Å². The molecule has 10 nitrogen and oxygen atoms in total. The number of aromatic nitrogens is 3. The first-order chi connectivity index (χ1) is 24.0. The van der Waals surface area contributed by atoms with Crippen molar-refractivity contribution in [3.8, 4) is 0 Å². The molecule has 0 spiro atoms. The Morgan fingerprint density at radius 2 is 1.84 bits per heavy atom. The Morgan fingerprint density at radius 3 is 2.58 bits per heavy atom. The number of morpholine rings is 1. The number of aryl methyl sites for hydroxylation is 2. The molecule has 3 aromatic heterocycles. The summed E-state index contributed by atoms with van der Waals surface area (Å²) in [6.07, 6.45) is 9.93. The van der Waals surface area contributed by atoms with E-state index >= 15 is 0 Å². The van der Waals surface area contributed by atoms with Gasteiger partial charge in [0.05, 0.1) is 36.7 Å². The van der Waals surface area contributed by atoms with Crippen LogP contribution < -0.4 is 10.3 Å². The lowest BCUT2D eigenvalue weighted by Gasteiger charge is -2.40. The summed E-state index contributed by atoms with van der Waals surface area (Å²) in [4.78, 5) is 43.3. The summed E-state index contributed by atoms with van der Waals surface area (Å²) in [6, 6.07) is 14.9. The van der Waals surface area contributed by atoms with Crippen LogP contribution in [-0.4, -0.2) is 74.9 Å². The smallest absolute Gasteiger partial charge is 0.410 e. The van der Waals surface area contributed by atoms with Crippen LogP contribution in [0, 0.1) is 13.8 Å². The zero-order valence-electron chi connectivity index (χ0n) is 30.1. The van der Waals surface area contributed by atoms with Gasteiger partial charge in [-0.3, -0.25) is 24.6 Å². The van der Waals surface area contributed by atoms with Gasteiger partial charge in [0.25, 0.3) is 0 Å². The number of carbonyl (C=O) groups excluding carboxylic acids is 1. The highest BCUT2D eigenvalue weighted by molar-refractivity contribution is 5.81. The summed E-state index contributed by atoms with van der Waals surface area (Å²) >= 11 is 0. The van der Waals surface area contributed by atoms with Gasteiger partial charge >= 0.3 is 6.09 Å². The molecule has 1 amide bonds. The number of piperidine rings is 1. The molecule has 0 radical (unpaired) electrons. The van der Waals surface area contributed by atoms with Gasteiger partial charge in [0, 0.05) is 79.5 Å². The number of rotatable bonds is 8. The number of nitrogens with zero attached hydrogens (tertiary/aromatic N) is 6. The second-order valence-electron chi connectivity index (χ2n) is 15.3.